The standard InChI is InChI=1S/C14H22N2OS/c1-2-8-15-13-6-3-9-16(14(13)17)10-7-12-5-4-11-18-12/h4-5,11,13,15H,2-3,6-10H2,1H3. The number of amides is 1. The summed E-state index contributed by atoms with van der Waals surface area (Å²) in [5.41, 5.74) is 0. The van der Waals surface area contributed by atoms with Crippen LogP contribution >= 0.6 is 11.3 Å². The van der Waals surface area contributed by atoms with E-state index in [4.69, 9.17) is 0 Å². The highest BCUT2D eigenvalue weighted by molar-refractivity contribution is 7.09. The third-order valence-corrected chi connectivity index (χ3v) is 4.32. The zero-order valence-electron chi connectivity index (χ0n) is 11.0. The quantitative estimate of drug-likeness (QED) is 0.857. The van der Waals surface area contributed by atoms with Gasteiger partial charge in [0.25, 0.3) is 0 Å². The SMILES string of the molecule is CCCNC1CCCN(CCc2cccs2)C1=O. The Kier molecular flexibility index (Phi) is 5.20. The molecule has 100 valence electrons. The molecule has 1 aliphatic rings. The van der Waals surface area contributed by atoms with Gasteiger partial charge < -0.3 is 10.2 Å². The van der Waals surface area contributed by atoms with Gasteiger partial charge in [-0.15, -0.1) is 11.3 Å². The minimum absolute atomic E-state index is 0.0574. The van der Waals surface area contributed by atoms with Gasteiger partial charge in [0.15, 0.2) is 0 Å². The molecule has 0 radical (unpaired) electrons. The summed E-state index contributed by atoms with van der Waals surface area (Å²) in [7, 11) is 0. The van der Waals surface area contributed by atoms with Crippen molar-refractivity contribution in [1.82, 2.24) is 10.2 Å². The fraction of sp³-hybridized carbons (Fsp3) is 0.643. The lowest BCUT2D eigenvalue weighted by molar-refractivity contribution is -0.135. The second-order valence-electron chi connectivity index (χ2n) is 4.80. The number of hydrogen-bond acceptors (Lipinski definition) is 3. The van der Waals surface area contributed by atoms with E-state index in [2.05, 4.69) is 29.8 Å². The number of hydrogen-bond donors (Lipinski definition) is 1. The van der Waals surface area contributed by atoms with Gasteiger partial charge in [-0.3, -0.25) is 4.79 Å². The number of carbonyl (C=O) groups excluding carboxylic acids is 1. The summed E-state index contributed by atoms with van der Waals surface area (Å²) in [5.74, 6) is 0.297. The van der Waals surface area contributed by atoms with Gasteiger partial charge in [0, 0.05) is 18.0 Å². The van der Waals surface area contributed by atoms with Crippen molar-refractivity contribution in [3.8, 4) is 0 Å². The van der Waals surface area contributed by atoms with Crippen molar-refractivity contribution in [1.29, 1.82) is 0 Å². The van der Waals surface area contributed by atoms with Crippen LogP contribution in [0.2, 0.25) is 0 Å². The van der Waals surface area contributed by atoms with Gasteiger partial charge in [-0.05, 0) is 43.7 Å². The molecule has 4 heteroatoms. The van der Waals surface area contributed by atoms with Crippen molar-refractivity contribution in [2.75, 3.05) is 19.6 Å². The number of likely N-dealkylation sites (tertiary alicyclic amines) is 1. The van der Waals surface area contributed by atoms with Crippen molar-refractivity contribution in [3.63, 3.8) is 0 Å². The lowest BCUT2D eigenvalue weighted by atomic mass is 10.0. The highest BCUT2D eigenvalue weighted by Crippen LogP contribution is 2.15. The normalized spacial score (nSPS) is 20.4. The molecule has 1 aromatic heterocycles. The van der Waals surface area contributed by atoms with E-state index in [1.165, 1.54) is 4.88 Å². The first-order chi connectivity index (χ1) is 8.81. The fourth-order valence-electron chi connectivity index (χ4n) is 2.37. The zero-order chi connectivity index (χ0) is 12.8. The van der Waals surface area contributed by atoms with E-state index in [0.717, 1.165) is 45.3 Å². The Hall–Kier alpha value is -0.870. The molecule has 1 N–H and O–H groups in total. The van der Waals surface area contributed by atoms with E-state index >= 15 is 0 Å². The van der Waals surface area contributed by atoms with Crippen molar-refractivity contribution in [3.05, 3.63) is 22.4 Å². The van der Waals surface area contributed by atoms with E-state index in [1.54, 1.807) is 11.3 Å². The van der Waals surface area contributed by atoms with Crippen molar-refractivity contribution >= 4 is 17.2 Å². The molecule has 0 bridgehead atoms. The Bertz CT molecular complexity index is 364. The Balaban J connectivity index is 1.82. The maximum absolute atomic E-state index is 12.3. The summed E-state index contributed by atoms with van der Waals surface area (Å²) in [6.07, 6.45) is 4.19. The summed E-state index contributed by atoms with van der Waals surface area (Å²) in [4.78, 5) is 15.6. The van der Waals surface area contributed by atoms with Crippen LogP contribution in [0.3, 0.4) is 0 Å². The molecule has 2 heterocycles. The molecule has 1 amide bonds. The van der Waals surface area contributed by atoms with E-state index in [-0.39, 0.29) is 6.04 Å². The molecular formula is C14H22N2OS. The highest BCUT2D eigenvalue weighted by atomic mass is 32.1. The van der Waals surface area contributed by atoms with Crippen LogP contribution in [0.4, 0.5) is 0 Å². The number of piperidine rings is 1. The molecule has 3 nitrogen and oxygen atoms in total. The molecule has 0 spiro atoms. The van der Waals surface area contributed by atoms with Gasteiger partial charge in [0.1, 0.15) is 0 Å². The van der Waals surface area contributed by atoms with Crippen LogP contribution in [0, 0.1) is 0 Å². The average molecular weight is 266 g/mol. The van der Waals surface area contributed by atoms with Crippen LogP contribution in [0.25, 0.3) is 0 Å². The molecule has 1 aliphatic heterocycles. The predicted octanol–water partition coefficient (Wildman–Crippen LogP) is 2.28. The maximum atomic E-state index is 12.3. The largest absolute Gasteiger partial charge is 0.341 e. The van der Waals surface area contributed by atoms with Crippen molar-refractivity contribution < 1.29 is 4.79 Å². The van der Waals surface area contributed by atoms with E-state index in [1.807, 2.05) is 4.90 Å². The second kappa shape index (κ2) is 6.90. The first-order valence-corrected chi connectivity index (χ1v) is 7.73. The van der Waals surface area contributed by atoms with Crippen LogP contribution in [-0.2, 0) is 11.2 Å². The average Bonchev–Trinajstić information content (AvgIpc) is 2.89. The van der Waals surface area contributed by atoms with Gasteiger partial charge in [-0.25, -0.2) is 0 Å². The van der Waals surface area contributed by atoms with E-state index in [0.29, 0.717) is 5.91 Å². The first kappa shape index (κ1) is 13.6. The Morgan fingerprint density at radius 3 is 3.17 bits per heavy atom. The number of carbonyl (C=O) groups is 1. The molecule has 2 rings (SSSR count). The van der Waals surface area contributed by atoms with Crippen molar-refractivity contribution in [2.24, 2.45) is 0 Å². The fourth-order valence-corrected chi connectivity index (χ4v) is 3.07. The Morgan fingerprint density at radius 1 is 1.56 bits per heavy atom. The molecule has 1 fully saturated rings. The number of thiophene rings is 1. The summed E-state index contributed by atoms with van der Waals surface area (Å²) >= 11 is 1.77. The molecular weight excluding hydrogens is 244 g/mol. The van der Waals surface area contributed by atoms with E-state index < -0.39 is 0 Å². The van der Waals surface area contributed by atoms with Gasteiger partial charge in [0.05, 0.1) is 6.04 Å². The molecule has 0 aliphatic carbocycles. The lowest BCUT2D eigenvalue weighted by Gasteiger charge is -2.32. The van der Waals surface area contributed by atoms with Crippen LogP contribution in [0.1, 0.15) is 31.1 Å². The number of nitrogens with zero attached hydrogens (tertiary/aromatic N) is 1. The van der Waals surface area contributed by atoms with Gasteiger partial charge in [0.2, 0.25) is 5.91 Å². The molecule has 1 atom stereocenters. The van der Waals surface area contributed by atoms with Gasteiger partial charge in [-0.2, -0.15) is 0 Å². The number of rotatable bonds is 6. The minimum Gasteiger partial charge on any atom is -0.341 e. The van der Waals surface area contributed by atoms with Crippen molar-refractivity contribution in [2.45, 2.75) is 38.6 Å². The molecule has 0 aromatic carbocycles. The van der Waals surface area contributed by atoms with Crippen LogP contribution < -0.4 is 5.32 Å². The Labute approximate surface area is 113 Å². The number of nitrogens with one attached hydrogen (secondary N) is 1. The smallest absolute Gasteiger partial charge is 0.239 e. The first-order valence-electron chi connectivity index (χ1n) is 6.86. The molecule has 1 unspecified atom stereocenters. The summed E-state index contributed by atoms with van der Waals surface area (Å²) in [6, 6.07) is 4.28. The summed E-state index contributed by atoms with van der Waals surface area (Å²) in [5, 5.41) is 5.45. The van der Waals surface area contributed by atoms with Gasteiger partial charge >= 0.3 is 0 Å². The molecule has 0 saturated carbocycles. The summed E-state index contributed by atoms with van der Waals surface area (Å²) in [6.45, 7) is 4.86. The molecule has 18 heavy (non-hydrogen) atoms. The van der Waals surface area contributed by atoms with Crippen LogP contribution in [0.15, 0.2) is 17.5 Å². The topological polar surface area (TPSA) is 32.3 Å². The minimum atomic E-state index is 0.0574. The monoisotopic (exact) mass is 266 g/mol. The summed E-state index contributed by atoms with van der Waals surface area (Å²) < 4.78 is 0. The highest BCUT2D eigenvalue weighted by Gasteiger charge is 2.27. The lowest BCUT2D eigenvalue weighted by Crippen LogP contribution is -2.51. The Morgan fingerprint density at radius 2 is 2.44 bits per heavy atom. The third kappa shape index (κ3) is 3.56. The van der Waals surface area contributed by atoms with Gasteiger partial charge in [-0.1, -0.05) is 13.0 Å². The predicted molar refractivity (Wildman–Crippen MR) is 75.9 cm³/mol. The molecule has 1 aromatic rings. The second-order valence-corrected chi connectivity index (χ2v) is 5.84. The maximum Gasteiger partial charge on any atom is 0.239 e. The van der Waals surface area contributed by atoms with E-state index in [9.17, 15) is 4.79 Å². The van der Waals surface area contributed by atoms with Crippen LogP contribution in [0.5, 0.6) is 0 Å². The third-order valence-electron chi connectivity index (χ3n) is 3.38. The molecule has 1 saturated heterocycles. The zero-order valence-corrected chi connectivity index (χ0v) is 11.8. The van der Waals surface area contributed by atoms with Crippen LogP contribution in [-0.4, -0.2) is 36.5 Å².